The van der Waals surface area contributed by atoms with Crippen molar-refractivity contribution in [2.24, 2.45) is 0 Å². The number of ether oxygens (including phenoxy) is 1. The fourth-order valence-corrected chi connectivity index (χ4v) is 1.65. The SMILES string of the molecule is CC(=O)Oc1cccc(NC(=O)NCc2ccccn2)c1. The lowest BCUT2D eigenvalue weighted by atomic mass is 10.3. The molecule has 2 N–H and O–H groups in total. The molecule has 1 heterocycles. The number of carbonyl (C=O) groups excluding carboxylic acids is 2. The number of rotatable bonds is 4. The Morgan fingerprint density at radius 3 is 2.76 bits per heavy atom. The maximum Gasteiger partial charge on any atom is 0.319 e. The molecule has 0 saturated heterocycles. The van der Waals surface area contributed by atoms with Crippen LogP contribution in [0.25, 0.3) is 0 Å². The molecule has 108 valence electrons. The second-order valence-electron chi connectivity index (χ2n) is 4.25. The summed E-state index contributed by atoms with van der Waals surface area (Å²) in [7, 11) is 0. The van der Waals surface area contributed by atoms with E-state index in [1.54, 1.807) is 30.5 Å². The van der Waals surface area contributed by atoms with Gasteiger partial charge in [-0.1, -0.05) is 12.1 Å². The number of aromatic nitrogens is 1. The van der Waals surface area contributed by atoms with Gasteiger partial charge in [-0.2, -0.15) is 0 Å². The second kappa shape index (κ2) is 7.04. The number of urea groups is 1. The van der Waals surface area contributed by atoms with E-state index in [1.807, 2.05) is 18.2 Å². The molecule has 0 aliphatic carbocycles. The molecule has 0 saturated carbocycles. The summed E-state index contributed by atoms with van der Waals surface area (Å²) >= 11 is 0. The third-order valence-electron chi connectivity index (χ3n) is 2.51. The lowest BCUT2D eigenvalue weighted by Gasteiger charge is -2.08. The molecule has 2 aromatic rings. The molecule has 1 aromatic heterocycles. The zero-order chi connectivity index (χ0) is 15.1. The summed E-state index contributed by atoms with van der Waals surface area (Å²) in [4.78, 5) is 26.7. The predicted octanol–water partition coefficient (Wildman–Crippen LogP) is 2.33. The van der Waals surface area contributed by atoms with E-state index in [1.165, 1.54) is 6.92 Å². The maximum atomic E-state index is 11.8. The predicted molar refractivity (Wildman–Crippen MR) is 77.8 cm³/mol. The smallest absolute Gasteiger partial charge is 0.319 e. The van der Waals surface area contributed by atoms with Crippen molar-refractivity contribution in [1.82, 2.24) is 10.3 Å². The van der Waals surface area contributed by atoms with Gasteiger partial charge < -0.3 is 15.4 Å². The third kappa shape index (κ3) is 4.94. The van der Waals surface area contributed by atoms with Crippen LogP contribution in [0.5, 0.6) is 5.75 Å². The Morgan fingerprint density at radius 1 is 1.19 bits per heavy atom. The molecular formula is C15H15N3O3. The number of pyridine rings is 1. The van der Waals surface area contributed by atoms with E-state index >= 15 is 0 Å². The highest BCUT2D eigenvalue weighted by molar-refractivity contribution is 5.89. The Bertz CT molecular complexity index is 629. The minimum atomic E-state index is -0.410. The largest absolute Gasteiger partial charge is 0.427 e. The normalized spacial score (nSPS) is 9.76. The number of hydrogen-bond acceptors (Lipinski definition) is 4. The molecule has 0 radical (unpaired) electrons. The minimum Gasteiger partial charge on any atom is -0.427 e. The van der Waals surface area contributed by atoms with E-state index in [4.69, 9.17) is 4.74 Å². The zero-order valence-electron chi connectivity index (χ0n) is 11.5. The van der Waals surface area contributed by atoms with Crippen molar-refractivity contribution in [1.29, 1.82) is 0 Å². The van der Waals surface area contributed by atoms with Gasteiger partial charge in [0.25, 0.3) is 0 Å². The number of amides is 2. The van der Waals surface area contributed by atoms with Crippen LogP contribution in [0.2, 0.25) is 0 Å². The molecule has 0 spiro atoms. The average molecular weight is 285 g/mol. The number of carbonyl (C=O) groups is 2. The number of benzene rings is 1. The average Bonchev–Trinajstić information content (AvgIpc) is 2.46. The third-order valence-corrected chi connectivity index (χ3v) is 2.51. The Balaban J connectivity index is 1.89. The van der Waals surface area contributed by atoms with Crippen LogP contribution >= 0.6 is 0 Å². The highest BCUT2D eigenvalue weighted by atomic mass is 16.5. The molecule has 1 aromatic carbocycles. The Hall–Kier alpha value is -2.89. The molecule has 6 heteroatoms. The summed E-state index contributed by atoms with van der Waals surface area (Å²) in [5.41, 5.74) is 1.30. The van der Waals surface area contributed by atoms with Crippen LogP contribution in [-0.4, -0.2) is 17.0 Å². The van der Waals surface area contributed by atoms with E-state index in [0.717, 1.165) is 5.69 Å². The highest BCUT2D eigenvalue weighted by Gasteiger charge is 2.04. The Labute approximate surface area is 122 Å². The lowest BCUT2D eigenvalue weighted by Crippen LogP contribution is -2.28. The Morgan fingerprint density at radius 2 is 2.05 bits per heavy atom. The quantitative estimate of drug-likeness (QED) is 0.667. The van der Waals surface area contributed by atoms with E-state index < -0.39 is 5.97 Å². The molecule has 0 aliphatic heterocycles. The van der Waals surface area contributed by atoms with Gasteiger partial charge in [0.1, 0.15) is 5.75 Å². The molecule has 0 unspecified atom stereocenters. The van der Waals surface area contributed by atoms with Gasteiger partial charge in [0.2, 0.25) is 0 Å². The fourth-order valence-electron chi connectivity index (χ4n) is 1.65. The highest BCUT2D eigenvalue weighted by Crippen LogP contribution is 2.17. The molecule has 2 rings (SSSR count). The molecule has 2 amide bonds. The van der Waals surface area contributed by atoms with Gasteiger partial charge in [0.05, 0.1) is 12.2 Å². The van der Waals surface area contributed by atoms with Crippen molar-refractivity contribution in [3.63, 3.8) is 0 Å². The molecule has 21 heavy (non-hydrogen) atoms. The number of nitrogens with zero attached hydrogens (tertiary/aromatic N) is 1. The van der Waals surface area contributed by atoms with Crippen molar-refractivity contribution >= 4 is 17.7 Å². The van der Waals surface area contributed by atoms with E-state index in [0.29, 0.717) is 18.0 Å². The number of anilines is 1. The van der Waals surface area contributed by atoms with Crippen LogP contribution < -0.4 is 15.4 Å². The van der Waals surface area contributed by atoms with Crippen molar-refractivity contribution in [2.45, 2.75) is 13.5 Å². The van der Waals surface area contributed by atoms with Gasteiger partial charge in [0.15, 0.2) is 0 Å². The summed E-state index contributed by atoms with van der Waals surface area (Å²) in [6, 6.07) is 11.7. The Kier molecular flexibility index (Phi) is 4.87. The molecule has 0 atom stereocenters. The zero-order valence-corrected chi connectivity index (χ0v) is 11.5. The van der Waals surface area contributed by atoms with Crippen LogP contribution in [0.3, 0.4) is 0 Å². The van der Waals surface area contributed by atoms with E-state index in [9.17, 15) is 9.59 Å². The first-order valence-corrected chi connectivity index (χ1v) is 6.37. The van der Waals surface area contributed by atoms with Crippen molar-refractivity contribution in [3.05, 3.63) is 54.4 Å². The van der Waals surface area contributed by atoms with Crippen LogP contribution in [-0.2, 0) is 11.3 Å². The summed E-state index contributed by atoms with van der Waals surface area (Å²) < 4.78 is 4.95. The molecule has 0 aliphatic rings. The molecule has 0 bridgehead atoms. The van der Waals surface area contributed by atoms with Crippen molar-refractivity contribution in [3.8, 4) is 5.75 Å². The van der Waals surface area contributed by atoms with Crippen LogP contribution in [0.1, 0.15) is 12.6 Å². The van der Waals surface area contributed by atoms with Gasteiger partial charge >= 0.3 is 12.0 Å². The number of hydrogen-bond donors (Lipinski definition) is 2. The summed E-state index contributed by atoms with van der Waals surface area (Å²) in [5.74, 6) is -0.0308. The standard InChI is InChI=1S/C15H15N3O3/c1-11(19)21-14-7-4-6-12(9-14)18-15(20)17-10-13-5-2-3-8-16-13/h2-9H,10H2,1H3,(H2,17,18,20). The molecular weight excluding hydrogens is 270 g/mol. The number of nitrogens with one attached hydrogen (secondary N) is 2. The van der Waals surface area contributed by atoms with Gasteiger partial charge in [-0.05, 0) is 24.3 Å². The van der Waals surface area contributed by atoms with Gasteiger partial charge in [0, 0.05) is 24.9 Å². The first kappa shape index (κ1) is 14.5. The first-order chi connectivity index (χ1) is 10.1. The topological polar surface area (TPSA) is 80.3 Å². The second-order valence-corrected chi connectivity index (χ2v) is 4.25. The molecule has 0 fully saturated rings. The summed E-state index contributed by atoms with van der Waals surface area (Å²) in [6.07, 6.45) is 1.66. The van der Waals surface area contributed by atoms with Gasteiger partial charge in [-0.15, -0.1) is 0 Å². The van der Waals surface area contributed by atoms with Gasteiger partial charge in [-0.25, -0.2) is 4.79 Å². The van der Waals surface area contributed by atoms with Crippen LogP contribution in [0.4, 0.5) is 10.5 Å². The van der Waals surface area contributed by atoms with Gasteiger partial charge in [-0.3, -0.25) is 9.78 Å². The van der Waals surface area contributed by atoms with E-state index in [2.05, 4.69) is 15.6 Å². The number of esters is 1. The monoisotopic (exact) mass is 285 g/mol. The molecule has 6 nitrogen and oxygen atoms in total. The fraction of sp³-hybridized carbons (Fsp3) is 0.133. The van der Waals surface area contributed by atoms with Crippen molar-refractivity contribution in [2.75, 3.05) is 5.32 Å². The van der Waals surface area contributed by atoms with Crippen molar-refractivity contribution < 1.29 is 14.3 Å². The first-order valence-electron chi connectivity index (χ1n) is 6.37. The minimum absolute atomic E-state index is 0.330. The van der Waals surface area contributed by atoms with E-state index in [-0.39, 0.29) is 6.03 Å². The lowest BCUT2D eigenvalue weighted by molar-refractivity contribution is -0.131. The summed E-state index contributed by atoms with van der Waals surface area (Å²) in [5, 5.41) is 5.34. The van der Waals surface area contributed by atoms with Crippen LogP contribution in [0.15, 0.2) is 48.7 Å². The van der Waals surface area contributed by atoms with Crippen LogP contribution in [0, 0.1) is 0 Å². The maximum absolute atomic E-state index is 11.8. The summed E-state index contributed by atoms with van der Waals surface area (Å²) in [6.45, 7) is 1.65.